The summed E-state index contributed by atoms with van der Waals surface area (Å²) in [7, 11) is -2.26. The zero-order valence-electron chi connectivity index (χ0n) is 12.6. The van der Waals surface area contributed by atoms with Crippen molar-refractivity contribution >= 4 is 31.6 Å². The minimum absolute atomic E-state index is 0.140. The quantitative estimate of drug-likeness (QED) is 0.832. The fourth-order valence-electron chi connectivity index (χ4n) is 2.02. The fraction of sp³-hybridized carbons (Fsp3) is 0.250. The smallest absolute Gasteiger partial charge is 0.265 e. The molecule has 0 aliphatic heterocycles. The zero-order chi connectivity index (χ0) is 16.3. The van der Waals surface area contributed by atoms with Gasteiger partial charge in [-0.15, -0.1) is 0 Å². The van der Waals surface area contributed by atoms with E-state index in [0.29, 0.717) is 11.4 Å². The lowest BCUT2D eigenvalue weighted by Crippen LogP contribution is -2.14. The molecule has 0 amide bonds. The van der Waals surface area contributed by atoms with Crippen LogP contribution in [0.15, 0.2) is 51.8 Å². The summed E-state index contributed by atoms with van der Waals surface area (Å²) < 4.78 is 33.9. The molecule has 2 aromatic carbocycles. The first kappa shape index (κ1) is 16.8. The largest absolute Gasteiger partial charge is 0.495 e. The number of ether oxygens (including phenoxy) is 1. The van der Waals surface area contributed by atoms with Gasteiger partial charge in [-0.2, -0.15) is 0 Å². The molecule has 0 aliphatic rings. The summed E-state index contributed by atoms with van der Waals surface area (Å²) >= 11 is 3.33. The Morgan fingerprint density at radius 3 is 2.45 bits per heavy atom. The van der Waals surface area contributed by atoms with Crippen LogP contribution in [0.2, 0.25) is 0 Å². The van der Waals surface area contributed by atoms with Gasteiger partial charge in [0.05, 0.1) is 7.11 Å². The van der Waals surface area contributed by atoms with E-state index in [1.807, 2.05) is 26.0 Å². The van der Waals surface area contributed by atoms with Crippen LogP contribution < -0.4 is 9.46 Å². The lowest BCUT2D eigenvalue weighted by Gasteiger charge is -2.14. The van der Waals surface area contributed by atoms with Crippen molar-refractivity contribution in [3.8, 4) is 5.75 Å². The number of anilines is 1. The van der Waals surface area contributed by atoms with Crippen LogP contribution in [0.4, 0.5) is 5.69 Å². The fourth-order valence-corrected chi connectivity index (χ4v) is 3.68. The zero-order valence-corrected chi connectivity index (χ0v) is 15.0. The van der Waals surface area contributed by atoms with Crippen molar-refractivity contribution in [3.05, 3.63) is 52.5 Å². The summed E-state index contributed by atoms with van der Waals surface area (Å²) in [6, 6.07) is 12.2. The second kappa shape index (κ2) is 6.71. The summed E-state index contributed by atoms with van der Waals surface area (Å²) in [6.45, 7) is 4.03. The summed E-state index contributed by atoms with van der Waals surface area (Å²) in [5.41, 5.74) is 1.43. The van der Waals surface area contributed by atoms with Gasteiger partial charge in [-0.25, -0.2) is 8.42 Å². The lowest BCUT2D eigenvalue weighted by molar-refractivity contribution is 0.402. The Bertz CT molecular complexity index is 773. The van der Waals surface area contributed by atoms with Crippen molar-refractivity contribution in [3.63, 3.8) is 0 Å². The molecule has 0 saturated heterocycles. The van der Waals surface area contributed by atoms with Gasteiger partial charge in [0.25, 0.3) is 10.0 Å². The Morgan fingerprint density at radius 1 is 1.14 bits per heavy atom. The van der Waals surface area contributed by atoms with Crippen LogP contribution in [0.1, 0.15) is 25.3 Å². The number of halogens is 1. The first-order valence-corrected chi connectivity index (χ1v) is 9.07. The molecule has 0 saturated carbocycles. The van der Waals surface area contributed by atoms with Crippen LogP contribution in [0.3, 0.4) is 0 Å². The molecular weight excluding hydrogens is 366 g/mol. The van der Waals surface area contributed by atoms with Crippen LogP contribution in [0, 0.1) is 0 Å². The monoisotopic (exact) mass is 383 g/mol. The minimum Gasteiger partial charge on any atom is -0.495 e. The molecule has 118 valence electrons. The Labute approximate surface area is 139 Å². The second-order valence-corrected chi connectivity index (χ2v) is 7.75. The van der Waals surface area contributed by atoms with Gasteiger partial charge in [-0.1, -0.05) is 41.9 Å². The number of hydrogen-bond acceptors (Lipinski definition) is 3. The van der Waals surface area contributed by atoms with Gasteiger partial charge < -0.3 is 4.74 Å². The van der Waals surface area contributed by atoms with Crippen molar-refractivity contribution in [2.24, 2.45) is 0 Å². The van der Waals surface area contributed by atoms with E-state index in [9.17, 15) is 8.42 Å². The molecule has 22 heavy (non-hydrogen) atoms. The van der Waals surface area contributed by atoms with Crippen LogP contribution in [0.25, 0.3) is 0 Å². The van der Waals surface area contributed by atoms with Gasteiger partial charge in [0.1, 0.15) is 10.6 Å². The van der Waals surface area contributed by atoms with E-state index in [0.717, 1.165) is 10.0 Å². The van der Waals surface area contributed by atoms with E-state index in [1.54, 1.807) is 30.3 Å². The number of methoxy groups -OCH3 is 1. The molecule has 0 fully saturated rings. The van der Waals surface area contributed by atoms with E-state index >= 15 is 0 Å². The highest BCUT2D eigenvalue weighted by molar-refractivity contribution is 9.10. The predicted octanol–water partition coefficient (Wildman–Crippen LogP) is 4.38. The molecule has 0 aromatic heterocycles. The third-order valence-corrected chi connectivity index (χ3v) is 5.12. The van der Waals surface area contributed by atoms with Crippen molar-refractivity contribution < 1.29 is 13.2 Å². The molecule has 2 rings (SSSR count). The van der Waals surface area contributed by atoms with Gasteiger partial charge in [0.2, 0.25) is 0 Å². The van der Waals surface area contributed by atoms with Crippen molar-refractivity contribution in [1.82, 2.24) is 0 Å². The Kier molecular flexibility index (Phi) is 5.13. The van der Waals surface area contributed by atoms with E-state index in [4.69, 9.17) is 4.74 Å². The molecule has 0 heterocycles. The lowest BCUT2D eigenvalue weighted by atomic mass is 10.0. The molecule has 0 radical (unpaired) electrons. The molecule has 0 aliphatic carbocycles. The third kappa shape index (κ3) is 3.81. The van der Waals surface area contributed by atoms with Gasteiger partial charge in [-0.3, -0.25) is 4.72 Å². The minimum atomic E-state index is -3.72. The molecule has 0 spiro atoms. The maximum absolute atomic E-state index is 12.7. The first-order valence-electron chi connectivity index (χ1n) is 6.80. The van der Waals surface area contributed by atoms with Crippen LogP contribution in [0.5, 0.6) is 5.75 Å². The van der Waals surface area contributed by atoms with Gasteiger partial charge in [-0.05, 0) is 41.8 Å². The van der Waals surface area contributed by atoms with E-state index < -0.39 is 10.0 Å². The maximum Gasteiger partial charge on any atom is 0.265 e. The second-order valence-electron chi connectivity index (χ2n) is 5.18. The predicted molar refractivity (Wildman–Crippen MR) is 92.0 cm³/mol. The van der Waals surface area contributed by atoms with Crippen LogP contribution >= 0.6 is 15.9 Å². The standard InChI is InChI=1S/C16H18BrNO3S/c1-11(2)12-7-8-15(21-3)16(9-12)22(19,20)18-14-6-4-5-13(17)10-14/h4-11,18H,1-3H3. The highest BCUT2D eigenvalue weighted by atomic mass is 79.9. The molecule has 0 atom stereocenters. The molecule has 0 unspecified atom stereocenters. The molecule has 2 aromatic rings. The van der Waals surface area contributed by atoms with E-state index in [-0.39, 0.29) is 10.8 Å². The summed E-state index contributed by atoms with van der Waals surface area (Å²) in [5, 5.41) is 0. The molecule has 1 N–H and O–H groups in total. The maximum atomic E-state index is 12.7. The highest BCUT2D eigenvalue weighted by Crippen LogP contribution is 2.29. The summed E-state index contributed by atoms with van der Waals surface area (Å²) in [6.07, 6.45) is 0. The van der Waals surface area contributed by atoms with E-state index in [2.05, 4.69) is 20.7 Å². The van der Waals surface area contributed by atoms with Crippen LogP contribution in [-0.2, 0) is 10.0 Å². The number of nitrogens with one attached hydrogen (secondary N) is 1. The number of sulfonamides is 1. The van der Waals surface area contributed by atoms with Crippen molar-refractivity contribution in [2.45, 2.75) is 24.7 Å². The summed E-state index contributed by atoms with van der Waals surface area (Å²) in [5.74, 6) is 0.553. The first-order chi connectivity index (χ1) is 10.3. The van der Waals surface area contributed by atoms with Gasteiger partial charge in [0.15, 0.2) is 0 Å². The average Bonchev–Trinajstić information content (AvgIpc) is 2.46. The Hall–Kier alpha value is -1.53. The van der Waals surface area contributed by atoms with E-state index in [1.165, 1.54) is 7.11 Å². The molecule has 6 heteroatoms. The van der Waals surface area contributed by atoms with Gasteiger partial charge in [0, 0.05) is 10.2 Å². The SMILES string of the molecule is COc1ccc(C(C)C)cc1S(=O)(=O)Nc1cccc(Br)c1. The molecular formula is C16H18BrNO3S. The van der Waals surface area contributed by atoms with Crippen LogP contribution in [-0.4, -0.2) is 15.5 Å². The average molecular weight is 384 g/mol. The normalized spacial score (nSPS) is 11.5. The Balaban J connectivity index is 2.46. The number of hydrogen-bond donors (Lipinski definition) is 1. The topological polar surface area (TPSA) is 55.4 Å². The van der Waals surface area contributed by atoms with Crippen molar-refractivity contribution in [1.29, 1.82) is 0 Å². The molecule has 0 bridgehead atoms. The molecule has 4 nitrogen and oxygen atoms in total. The van der Waals surface area contributed by atoms with Gasteiger partial charge >= 0.3 is 0 Å². The summed E-state index contributed by atoms with van der Waals surface area (Å²) in [4.78, 5) is 0.140. The number of rotatable bonds is 5. The highest BCUT2D eigenvalue weighted by Gasteiger charge is 2.21. The Morgan fingerprint density at radius 2 is 1.86 bits per heavy atom. The third-order valence-electron chi connectivity index (χ3n) is 3.22. The van der Waals surface area contributed by atoms with Crippen molar-refractivity contribution in [2.75, 3.05) is 11.8 Å². The number of benzene rings is 2.